The van der Waals surface area contributed by atoms with Crippen LogP contribution in [0.2, 0.25) is 0 Å². The van der Waals surface area contributed by atoms with Gasteiger partial charge in [0.25, 0.3) is 0 Å². The predicted octanol–water partition coefficient (Wildman–Crippen LogP) is 1.59. The van der Waals surface area contributed by atoms with Gasteiger partial charge in [-0.3, -0.25) is 4.79 Å². The quantitative estimate of drug-likeness (QED) is 0.820. The Kier molecular flexibility index (Phi) is 4.59. The van der Waals surface area contributed by atoms with Crippen molar-refractivity contribution in [2.75, 3.05) is 0 Å². The molecule has 1 aliphatic rings. The Hall–Kier alpha value is -1.92. The van der Waals surface area contributed by atoms with Crippen LogP contribution >= 0.6 is 0 Å². The Bertz CT molecular complexity index is 522. The lowest BCUT2D eigenvalue weighted by Gasteiger charge is -2.26. The molecule has 0 saturated heterocycles. The van der Waals surface area contributed by atoms with Crippen molar-refractivity contribution in [2.45, 2.75) is 64.5 Å². The number of carboxylic acids is 1. The van der Waals surface area contributed by atoms with Crippen LogP contribution in [0.15, 0.2) is 4.52 Å². The number of aliphatic carboxylic acids is 1. The predicted molar refractivity (Wildman–Crippen MR) is 73.7 cm³/mol. The number of aromatic nitrogens is 2. The fourth-order valence-corrected chi connectivity index (χ4v) is 2.15. The molecule has 7 nitrogen and oxygen atoms in total. The third-order valence-electron chi connectivity index (χ3n) is 3.56. The van der Waals surface area contributed by atoms with Crippen LogP contribution in [0, 0.1) is 0 Å². The van der Waals surface area contributed by atoms with Crippen molar-refractivity contribution >= 4 is 11.9 Å². The maximum absolute atomic E-state index is 12.3. The minimum Gasteiger partial charge on any atom is -0.480 e. The highest BCUT2D eigenvalue weighted by Crippen LogP contribution is 2.29. The Labute approximate surface area is 123 Å². The molecule has 21 heavy (non-hydrogen) atoms. The van der Waals surface area contributed by atoms with E-state index >= 15 is 0 Å². The maximum Gasteiger partial charge on any atom is 0.326 e. The molecular weight excluding hydrogens is 274 g/mol. The summed E-state index contributed by atoms with van der Waals surface area (Å²) in [6, 6.07) is -0.726. The Morgan fingerprint density at radius 2 is 2.05 bits per heavy atom. The topological polar surface area (TPSA) is 96.5 Å². The molecule has 1 amide bonds. The van der Waals surface area contributed by atoms with Crippen LogP contribution in [0.5, 0.6) is 0 Å². The average molecular weight is 295 g/mol. The van der Waals surface area contributed by atoms with Gasteiger partial charge in [-0.15, -0.1) is 0 Å². The summed E-state index contributed by atoms with van der Waals surface area (Å²) in [5.74, 6) is 0.0706. The Morgan fingerprint density at radius 1 is 1.38 bits per heavy atom. The second-order valence-electron chi connectivity index (χ2n) is 5.75. The highest BCUT2D eigenvalue weighted by molar-refractivity contribution is 5.84. The van der Waals surface area contributed by atoms with E-state index in [0.717, 1.165) is 12.8 Å². The van der Waals surface area contributed by atoms with E-state index in [0.29, 0.717) is 18.1 Å². The molecule has 1 saturated carbocycles. The monoisotopic (exact) mass is 295 g/mol. The lowest BCUT2D eigenvalue weighted by molar-refractivity contribution is -0.150. The number of amides is 1. The Balaban J connectivity index is 1.94. The fraction of sp³-hybridized carbons (Fsp3) is 0.714. The van der Waals surface area contributed by atoms with E-state index in [2.05, 4.69) is 10.1 Å². The van der Waals surface area contributed by atoms with E-state index in [1.54, 1.807) is 6.92 Å². The summed E-state index contributed by atoms with van der Waals surface area (Å²) in [5.41, 5.74) is 0. The van der Waals surface area contributed by atoms with Gasteiger partial charge in [-0.2, -0.15) is 4.98 Å². The first-order chi connectivity index (χ1) is 9.90. The molecular formula is C14H21N3O4. The van der Waals surface area contributed by atoms with Gasteiger partial charge in [-0.1, -0.05) is 19.0 Å². The summed E-state index contributed by atoms with van der Waals surface area (Å²) in [6.45, 7) is 5.47. The van der Waals surface area contributed by atoms with Gasteiger partial charge < -0.3 is 14.5 Å². The molecule has 7 heteroatoms. The summed E-state index contributed by atoms with van der Waals surface area (Å²) in [4.78, 5) is 29.0. The number of carbonyl (C=O) groups excluding carboxylic acids is 1. The van der Waals surface area contributed by atoms with Gasteiger partial charge in [0.15, 0.2) is 5.82 Å². The molecule has 1 aromatic heterocycles. The summed E-state index contributed by atoms with van der Waals surface area (Å²) in [6.07, 6.45) is 2.28. The Morgan fingerprint density at radius 3 is 2.52 bits per heavy atom. The number of carbonyl (C=O) groups is 2. The molecule has 1 heterocycles. The standard InChI is InChI=1S/C14H21N3O4/c1-8(2)13-15-11(21-16-13)6-7-12(18)17(10-4-5-10)9(3)14(19)20/h8-10H,4-7H2,1-3H3,(H,19,20). The van der Waals surface area contributed by atoms with Crippen molar-refractivity contribution in [3.63, 3.8) is 0 Å². The molecule has 1 unspecified atom stereocenters. The molecule has 1 aromatic rings. The molecule has 0 spiro atoms. The van der Waals surface area contributed by atoms with Crippen molar-refractivity contribution in [1.29, 1.82) is 0 Å². The zero-order valence-corrected chi connectivity index (χ0v) is 12.6. The van der Waals surface area contributed by atoms with E-state index in [9.17, 15) is 9.59 Å². The number of aryl methyl sites for hydroxylation is 1. The number of nitrogens with zero attached hydrogens (tertiary/aromatic N) is 3. The van der Waals surface area contributed by atoms with Crippen LogP contribution in [-0.4, -0.2) is 44.1 Å². The molecule has 1 fully saturated rings. The van der Waals surface area contributed by atoms with E-state index in [1.807, 2.05) is 13.8 Å². The van der Waals surface area contributed by atoms with Gasteiger partial charge in [-0.25, -0.2) is 4.79 Å². The second-order valence-corrected chi connectivity index (χ2v) is 5.75. The number of rotatable bonds is 7. The SMILES string of the molecule is CC(C)c1noc(CCC(=O)N(C2CC2)C(C)C(=O)O)n1. The van der Waals surface area contributed by atoms with Crippen molar-refractivity contribution in [3.8, 4) is 0 Å². The zero-order chi connectivity index (χ0) is 15.6. The third-order valence-corrected chi connectivity index (χ3v) is 3.56. The van der Waals surface area contributed by atoms with E-state index in [1.165, 1.54) is 4.90 Å². The lowest BCUT2D eigenvalue weighted by atomic mass is 10.2. The lowest BCUT2D eigenvalue weighted by Crippen LogP contribution is -2.44. The minimum atomic E-state index is -0.977. The molecule has 1 N–H and O–H groups in total. The number of carboxylic acid groups (broad SMARTS) is 1. The molecule has 0 aromatic carbocycles. The van der Waals surface area contributed by atoms with Gasteiger partial charge in [-0.05, 0) is 19.8 Å². The van der Waals surface area contributed by atoms with Gasteiger partial charge in [0.1, 0.15) is 6.04 Å². The number of hydrogen-bond acceptors (Lipinski definition) is 5. The van der Waals surface area contributed by atoms with Gasteiger partial charge in [0.2, 0.25) is 11.8 Å². The molecule has 1 atom stereocenters. The fourth-order valence-electron chi connectivity index (χ4n) is 2.15. The first-order valence-corrected chi connectivity index (χ1v) is 7.26. The van der Waals surface area contributed by atoms with Crippen molar-refractivity contribution in [3.05, 3.63) is 11.7 Å². The summed E-state index contributed by atoms with van der Waals surface area (Å²) in [5, 5.41) is 12.9. The molecule has 116 valence electrons. The average Bonchev–Trinajstić information content (AvgIpc) is 3.13. The van der Waals surface area contributed by atoms with Crippen LogP contribution in [0.4, 0.5) is 0 Å². The largest absolute Gasteiger partial charge is 0.480 e. The first-order valence-electron chi connectivity index (χ1n) is 7.26. The van der Waals surface area contributed by atoms with Gasteiger partial charge in [0.05, 0.1) is 0 Å². The van der Waals surface area contributed by atoms with Gasteiger partial charge in [0, 0.05) is 24.8 Å². The molecule has 0 bridgehead atoms. The van der Waals surface area contributed by atoms with Gasteiger partial charge >= 0.3 is 5.97 Å². The number of hydrogen-bond donors (Lipinski definition) is 1. The summed E-state index contributed by atoms with van der Waals surface area (Å²) >= 11 is 0. The second kappa shape index (κ2) is 6.24. The molecule has 2 rings (SSSR count). The smallest absolute Gasteiger partial charge is 0.326 e. The van der Waals surface area contributed by atoms with Crippen LogP contribution < -0.4 is 0 Å². The molecule has 0 radical (unpaired) electrons. The van der Waals surface area contributed by atoms with E-state index in [4.69, 9.17) is 9.63 Å². The normalized spacial score (nSPS) is 16.0. The zero-order valence-electron chi connectivity index (χ0n) is 12.6. The highest BCUT2D eigenvalue weighted by Gasteiger charge is 2.38. The van der Waals surface area contributed by atoms with E-state index in [-0.39, 0.29) is 24.3 Å². The van der Waals surface area contributed by atoms with Crippen LogP contribution in [0.25, 0.3) is 0 Å². The van der Waals surface area contributed by atoms with Crippen LogP contribution in [0.3, 0.4) is 0 Å². The molecule has 1 aliphatic carbocycles. The van der Waals surface area contributed by atoms with Crippen LogP contribution in [0.1, 0.15) is 57.7 Å². The van der Waals surface area contributed by atoms with Crippen molar-refractivity contribution < 1.29 is 19.2 Å². The highest BCUT2D eigenvalue weighted by atomic mass is 16.5. The minimum absolute atomic E-state index is 0.0671. The third kappa shape index (κ3) is 3.80. The van der Waals surface area contributed by atoms with Crippen molar-refractivity contribution in [2.24, 2.45) is 0 Å². The van der Waals surface area contributed by atoms with E-state index < -0.39 is 12.0 Å². The summed E-state index contributed by atoms with van der Waals surface area (Å²) in [7, 11) is 0. The summed E-state index contributed by atoms with van der Waals surface area (Å²) < 4.78 is 5.09. The van der Waals surface area contributed by atoms with Crippen LogP contribution in [-0.2, 0) is 16.0 Å². The first kappa shape index (κ1) is 15.5. The van der Waals surface area contributed by atoms with Crippen molar-refractivity contribution in [1.82, 2.24) is 15.0 Å². The molecule has 0 aliphatic heterocycles. The maximum atomic E-state index is 12.3.